The lowest BCUT2D eigenvalue weighted by Gasteiger charge is -2.31. The Morgan fingerprint density at radius 3 is 2.71 bits per heavy atom. The van der Waals surface area contributed by atoms with Gasteiger partial charge < -0.3 is 25.0 Å². The molecule has 42 heavy (non-hydrogen) atoms. The summed E-state index contributed by atoms with van der Waals surface area (Å²) in [6, 6.07) is 2.21. The molecule has 2 aromatic heterocycles. The van der Waals surface area contributed by atoms with Gasteiger partial charge in [0, 0.05) is 50.0 Å². The zero-order chi connectivity index (χ0) is 30.3. The van der Waals surface area contributed by atoms with E-state index in [9.17, 15) is 14.0 Å². The zero-order valence-corrected chi connectivity index (χ0v) is 24.9. The predicted molar refractivity (Wildman–Crippen MR) is 157 cm³/mol. The molecule has 2 N–H and O–H groups in total. The molecular weight excluding hydrogens is 541 g/mol. The first-order valence-corrected chi connectivity index (χ1v) is 14.3. The van der Waals surface area contributed by atoms with Crippen LogP contribution in [-0.2, 0) is 14.3 Å². The van der Waals surface area contributed by atoms with Gasteiger partial charge in [0.15, 0.2) is 0 Å². The van der Waals surface area contributed by atoms with Gasteiger partial charge in [-0.3, -0.25) is 9.69 Å². The molecule has 0 unspecified atom stereocenters. The largest absolute Gasteiger partial charge is 0.444 e. The number of ether oxygens (including phenoxy) is 2. The first-order valence-electron chi connectivity index (χ1n) is 14.3. The maximum absolute atomic E-state index is 13.6. The van der Waals surface area contributed by atoms with E-state index in [0.717, 1.165) is 19.3 Å². The number of hydrogen-bond acceptors (Lipinski definition) is 9. The fraction of sp³-hybridized carbons (Fsp3) is 0.567. The number of amides is 2. The topological polar surface area (TPSA) is 122 Å². The van der Waals surface area contributed by atoms with Gasteiger partial charge in [0.2, 0.25) is 17.8 Å². The molecule has 1 aliphatic carbocycles. The van der Waals surface area contributed by atoms with E-state index in [1.807, 2.05) is 0 Å². The molecule has 2 aromatic rings. The summed E-state index contributed by atoms with van der Waals surface area (Å²) in [6.45, 7) is 9.57. The number of anilines is 3. The van der Waals surface area contributed by atoms with Crippen LogP contribution in [0.3, 0.4) is 0 Å². The Balaban J connectivity index is 1.43. The van der Waals surface area contributed by atoms with Crippen molar-refractivity contribution < 1.29 is 23.5 Å². The van der Waals surface area contributed by atoms with Crippen LogP contribution < -0.4 is 15.5 Å². The molecule has 0 radical (unpaired) electrons. The zero-order valence-electron chi connectivity index (χ0n) is 24.9. The average molecular weight is 582 g/mol. The molecule has 4 rings (SSSR count). The predicted octanol–water partition coefficient (Wildman–Crippen LogP) is 3.87. The van der Waals surface area contributed by atoms with Crippen molar-refractivity contribution in [2.24, 2.45) is 5.92 Å². The number of nitrogens with zero attached hydrogens (tertiary/aromatic N) is 5. The fourth-order valence-electron chi connectivity index (χ4n) is 4.77. The van der Waals surface area contributed by atoms with Crippen molar-refractivity contribution in [3.8, 4) is 11.8 Å². The molecule has 1 saturated heterocycles. The standard InChI is InChI=1S/C30H40FN7O4/c1-20(37(5)29(40)42-30(2,3)4)27(39)34-23-8-6-7-21(17-23)9-10-22-19-33-28(35-24-11-12-32-25(31)18-24)36-26(22)38-13-15-41-16-14-38/h11-12,18-21,23H,6-8,13-17H2,1-5H3,(H,34,39)(H,32,33,35,36)/t20-,21-,23-/m0/s1. The second-order valence-corrected chi connectivity index (χ2v) is 11.6. The van der Waals surface area contributed by atoms with E-state index in [2.05, 4.69) is 37.3 Å². The molecule has 1 saturated carbocycles. The maximum Gasteiger partial charge on any atom is 0.410 e. The molecule has 0 aromatic carbocycles. The molecule has 226 valence electrons. The highest BCUT2D eigenvalue weighted by Gasteiger charge is 2.29. The van der Waals surface area contributed by atoms with Gasteiger partial charge in [0.05, 0.1) is 25.0 Å². The Hall–Kier alpha value is -3.98. The molecule has 11 nitrogen and oxygen atoms in total. The molecule has 0 bridgehead atoms. The van der Waals surface area contributed by atoms with Gasteiger partial charge >= 0.3 is 6.09 Å². The molecule has 2 amide bonds. The molecule has 2 fully saturated rings. The van der Waals surface area contributed by atoms with Gasteiger partial charge in [-0.1, -0.05) is 18.3 Å². The summed E-state index contributed by atoms with van der Waals surface area (Å²) < 4.78 is 24.5. The van der Waals surface area contributed by atoms with E-state index in [1.54, 1.807) is 47.0 Å². The van der Waals surface area contributed by atoms with E-state index >= 15 is 0 Å². The van der Waals surface area contributed by atoms with E-state index in [-0.39, 0.29) is 17.9 Å². The van der Waals surface area contributed by atoms with Crippen molar-refractivity contribution in [3.63, 3.8) is 0 Å². The highest BCUT2D eigenvalue weighted by Crippen LogP contribution is 2.26. The lowest BCUT2D eigenvalue weighted by atomic mass is 9.86. The van der Waals surface area contributed by atoms with Crippen molar-refractivity contribution in [2.45, 2.75) is 71.1 Å². The minimum Gasteiger partial charge on any atom is -0.444 e. The number of nitrogens with one attached hydrogen (secondary N) is 2. The summed E-state index contributed by atoms with van der Waals surface area (Å²) in [7, 11) is 1.57. The average Bonchev–Trinajstić information content (AvgIpc) is 2.95. The summed E-state index contributed by atoms with van der Waals surface area (Å²) in [5.74, 6) is 6.98. The summed E-state index contributed by atoms with van der Waals surface area (Å²) in [5.41, 5.74) is 0.553. The number of morpholine rings is 1. The van der Waals surface area contributed by atoms with Gasteiger partial charge in [-0.05, 0) is 53.0 Å². The molecule has 1 aliphatic heterocycles. The third-order valence-electron chi connectivity index (χ3n) is 7.14. The third kappa shape index (κ3) is 8.76. The number of aromatic nitrogens is 3. The van der Waals surface area contributed by atoms with Crippen molar-refractivity contribution in [1.82, 2.24) is 25.2 Å². The summed E-state index contributed by atoms with van der Waals surface area (Å²) in [4.78, 5) is 41.5. The number of rotatable bonds is 6. The minimum atomic E-state index is -0.671. The second kappa shape index (κ2) is 13.8. The van der Waals surface area contributed by atoms with Gasteiger partial charge in [-0.2, -0.15) is 9.37 Å². The SMILES string of the molecule is C[C@@H](C(=O)N[C@H]1CCC[C@@H](C#Cc2cnc(Nc3ccnc(F)c3)nc2N2CCOCC2)C1)N(C)C(=O)OC(C)(C)C. The second-order valence-electron chi connectivity index (χ2n) is 11.6. The van der Waals surface area contributed by atoms with Crippen LogP contribution in [0.1, 0.15) is 58.9 Å². The Bertz CT molecular complexity index is 1320. The lowest BCUT2D eigenvalue weighted by Crippen LogP contribution is -2.50. The van der Waals surface area contributed by atoms with E-state index in [1.165, 1.54) is 17.2 Å². The fourth-order valence-corrected chi connectivity index (χ4v) is 4.77. The molecule has 12 heteroatoms. The van der Waals surface area contributed by atoms with Crippen LogP contribution in [0.5, 0.6) is 0 Å². The number of carbonyl (C=O) groups is 2. The first-order chi connectivity index (χ1) is 20.0. The highest BCUT2D eigenvalue weighted by molar-refractivity contribution is 5.85. The van der Waals surface area contributed by atoms with Crippen LogP contribution >= 0.6 is 0 Å². The first kappa shape index (κ1) is 31.0. The number of halogens is 1. The Morgan fingerprint density at radius 1 is 1.24 bits per heavy atom. The molecular formula is C30H40FN7O4. The molecule has 3 atom stereocenters. The molecule has 0 spiro atoms. The van der Waals surface area contributed by atoms with Crippen LogP contribution in [-0.4, -0.2) is 82.9 Å². The van der Waals surface area contributed by atoms with E-state index in [0.29, 0.717) is 55.7 Å². The van der Waals surface area contributed by atoms with Crippen molar-refractivity contribution in [3.05, 3.63) is 36.0 Å². The van der Waals surface area contributed by atoms with Crippen molar-refractivity contribution >= 4 is 29.5 Å². The Morgan fingerprint density at radius 2 is 2.00 bits per heavy atom. The quantitative estimate of drug-likeness (QED) is 0.387. The number of likely N-dealkylation sites (N-methyl/N-ethyl adjacent to an activating group) is 1. The lowest BCUT2D eigenvalue weighted by molar-refractivity contribution is -0.126. The highest BCUT2D eigenvalue weighted by atomic mass is 19.1. The summed E-state index contributed by atoms with van der Waals surface area (Å²) >= 11 is 0. The van der Waals surface area contributed by atoms with Gasteiger partial charge in [-0.15, -0.1) is 0 Å². The summed E-state index contributed by atoms with van der Waals surface area (Å²) in [6.07, 6.45) is 5.94. The maximum atomic E-state index is 13.6. The number of pyridine rings is 1. The van der Waals surface area contributed by atoms with Crippen molar-refractivity contribution in [2.75, 3.05) is 43.6 Å². The van der Waals surface area contributed by atoms with Gasteiger partial charge in [-0.25, -0.2) is 14.8 Å². The van der Waals surface area contributed by atoms with Crippen LogP contribution in [0, 0.1) is 23.7 Å². The van der Waals surface area contributed by atoms with Crippen LogP contribution in [0.4, 0.5) is 26.6 Å². The third-order valence-corrected chi connectivity index (χ3v) is 7.14. The van der Waals surface area contributed by atoms with Crippen LogP contribution in [0.15, 0.2) is 24.5 Å². The van der Waals surface area contributed by atoms with E-state index < -0.39 is 23.7 Å². The summed E-state index contributed by atoms with van der Waals surface area (Å²) in [5, 5.41) is 6.14. The van der Waals surface area contributed by atoms with E-state index in [4.69, 9.17) is 14.5 Å². The Labute approximate surface area is 246 Å². The smallest absolute Gasteiger partial charge is 0.410 e. The minimum absolute atomic E-state index is 0.0395. The Kier molecular flexibility index (Phi) is 10.2. The van der Waals surface area contributed by atoms with Crippen LogP contribution in [0.25, 0.3) is 0 Å². The number of carbonyl (C=O) groups excluding carboxylic acids is 2. The molecule has 3 heterocycles. The normalized spacial score (nSPS) is 19.6. The number of hydrogen-bond donors (Lipinski definition) is 2. The van der Waals surface area contributed by atoms with Crippen molar-refractivity contribution in [1.29, 1.82) is 0 Å². The molecule has 2 aliphatic rings. The van der Waals surface area contributed by atoms with Gasteiger partial charge in [0.25, 0.3) is 0 Å². The van der Waals surface area contributed by atoms with Crippen LogP contribution in [0.2, 0.25) is 0 Å². The monoisotopic (exact) mass is 581 g/mol. The van der Waals surface area contributed by atoms with Gasteiger partial charge in [0.1, 0.15) is 17.5 Å².